The fourth-order valence-electron chi connectivity index (χ4n) is 3.91. The first-order valence-electron chi connectivity index (χ1n) is 10.5. The van der Waals surface area contributed by atoms with Gasteiger partial charge in [-0.05, 0) is 53.9 Å². The van der Waals surface area contributed by atoms with E-state index in [0.29, 0.717) is 18.7 Å². The van der Waals surface area contributed by atoms with Gasteiger partial charge in [-0.3, -0.25) is 4.79 Å². The summed E-state index contributed by atoms with van der Waals surface area (Å²) in [4.78, 5) is 17.4. The normalized spacial score (nSPS) is 14.5. The number of hydrogen-bond donors (Lipinski definition) is 1. The molecule has 9 heteroatoms. The van der Waals surface area contributed by atoms with Crippen LogP contribution < -0.4 is 9.46 Å². The number of nitrogens with one attached hydrogen (secondary N) is 1. The number of hydrogen-bond acceptors (Lipinski definition) is 6. The molecular weight excluding hydrogens is 464 g/mol. The molecule has 1 N–H and O–H groups in total. The second kappa shape index (κ2) is 10.2. The SMILES string of the molecule is COc1ccc(C(=O)N(Cc2cccs2)Cc2cccs2)cc1S(=O)(=O)NC1CCCC1. The van der Waals surface area contributed by atoms with Gasteiger partial charge < -0.3 is 9.64 Å². The van der Waals surface area contributed by atoms with Crippen LogP contribution in [0.15, 0.2) is 58.1 Å². The molecule has 2 aromatic heterocycles. The Balaban J connectivity index is 1.64. The van der Waals surface area contributed by atoms with Crippen molar-refractivity contribution >= 4 is 38.6 Å². The molecule has 1 fully saturated rings. The lowest BCUT2D eigenvalue weighted by Gasteiger charge is -2.22. The molecule has 32 heavy (non-hydrogen) atoms. The molecule has 1 aromatic carbocycles. The number of sulfonamides is 1. The summed E-state index contributed by atoms with van der Waals surface area (Å²) in [5.41, 5.74) is 0.325. The van der Waals surface area contributed by atoms with Crippen LogP contribution in [0.5, 0.6) is 5.75 Å². The zero-order valence-electron chi connectivity index (χ0n) is 17.8. The number of benzene rings is 1. The zero-order valence-corrected chi connectivity index (χ0v) is 20.3. The number of ether oxygens (including phenoxy) is 1. The first-order chi connectivity index (χ1) is 15.5. The van der Waals surface area contributed by atoms with E-state index in [1.165, 1.54) is 13.2 Å². The Morgan fingerprint density at radius 1 is 1.06 bits per heavy atom. The third-order valence-electron chi connectivity index (χ3n) is 5.52. The van der Waals surface area contributed by atoms with Crippen LogP contribution in [0.3, 0.4) is 0 Å². The predicted octanol–water partition coefficient (Wildman–Crippen LogP) is 4.88. The van der Waals surface area contributed by atoms with Gasteiger partial charge in [-0.25, -0.2) is 13.1 Å². The summed E-state index contributed by atoms with van der Waals surface area (Å²) in [5, 5.41) is 3.96. The fraction of sp³-hybridized carbons (Fsp3) is 0.348. The summed E-state index contributed by atoms with van der Waals surface area (Å²) in [6, 6.07) is 12.5. The Hall–Kier alpha value is -2.20. The number of nitrogens with zero attached hydrogens (tertiary/aromatic N) is 1. The third kappa shape index (κ3) is 5.40. The van der Waals surface area contributed by atoms with E-state index in [-0.39, 0.29) is 22.6 Å². The van der Waals surface area contributed by atoms with Crippen LogP contribution in [0.2, 0.25) is 0 Å². The molecular formula is C23H26N2O4S3. The number of carbonyl (C=O) groups excluding carboxylic acids is 1. The molecule has 0 atom stereocenters. The number of methoxy groups -OCH3 is 1. The maximum atomic E-state index is 13.5. The Bertz CT molecular complexity index is 1100. The smallest absolute Gasteiger partial charge is 0.254 e. The molecule has 3 aromatic rings. The standard InChI is InChI=1S/C23H26N2O4S3/c1-29-21-11-10-17(14-22(21)32(27,28)24-18-6-2-3-7-18)23(26)25(15-19-8-4-12-30-19)16-20-9-5-13-31-20/h4-5,8-14,18,24H,2-3,6-7,15-16H2,1H3. The molecule has 0 spiro atoms. The van der Waals surface area contributed by atoms with Gasteiger partial charge in [0.15, 0.2) is 0 Å². The van der Waals surface area contributed by atoms with E-state index in [9.17, 15) is 13.2 Å². The van der Waals surface area contributed by atoms with Crippen molar-refractivity contribution in [1.82, 2.24) is 9.62 Å². The quantitative estimate of drug-likeness (QED) is 0.464. The molecule has 0 radical (unpaired) electrons. The highest BCUT2D eigenvalue weighted by Gasteiger charge is 2.27. The average molecular weight is 491 g/mol. The second-order valence-electron chi connectivity index (χ2n) is 7.79. The summed E-state index contributed by atoms with van der Waals surface area (Å²) in [6.45, 7) is 0.922. The number of amides is 1. The van der Waals surface area contributed by atoms with Gasteiger partial charge in [-0.2, -0.15) is 0 Å². The molecule has 1 saturated carbocycles. The van der Waals surface area contributed by atoms with Crippen LogP contribution in [0, 0.1) is 0 Å². The predicted molar refractivity (Wildman–Crippen MR) is 128 cm³/mol. The van der Waals surface area contributed by atoms with Crippen molar-refractivity contribution in [3.63, 3.8) is 0 Å². The minimum atomic E-state index is -3.81. The van der Waals surface area contributed by atoms with Gasteiger partial charge in [0, 0.05) is 21.4 Å². The molecule has 6 nitrogen and oxygen atoms in total. The Kier molecular flexibility index (Phi) is 7.30. The topological polar surface area (TPSA) is 75.7 Å². The van der Waals surface area contributed by atoms with Crippen LogP contribution in [-0.4, -0.2) is 32.4 Å². The third-order valence-corrected chi connectivity index (χ3v) is 8.78. The maximum absolute atomic E-state index is 13.5. The van der Waals surface area contributed by atoms with E-state index < -0.39 is 10.0 Å². The summed E-state index contributed by atoms with van der Waals surface area (Å²) in [7, 11) is -2.37. The summed E-state index contributed by atoms with van der Waals surface area (Å²) < 4.78 is 34.3. The molecule has 1 aliphatic rings. The van der Waals surface area contributed by atoms with Crippen molar-refractivity contribution in [2.45, 2.75) is 49.7 Å². The van der Waals surface area contributed by atoms with Crippen LogP contribution in [-0.2, 0) is 23.1 Å². The van der Waals surface area contributed by atoms with Gasteiger partial charge in [-0.15, -0.1) is 22.7 Å². The van der Waals surface area contributed by atoms with Crippen molar-refractivity contribution in [3.8, 4) is 5.75 Å². The molecule has 1 amide bonds. The van der Waals surface area contributed by atoms with Gasteiger partial charge in [0.05, 0.1) is 20.2 Å². The van der Waals surface area contributed by atoms with E-state index in [2.05, 4.69) is 4.72 Å². The Morgan fingerprint density at radius 3 is 2.22 bits per heavy atom. The largest absolute Gasteiger partial charge is 0.495 e. The molecule has 2 heterocycles. The van der Waals surface area contributed by atoms with E-state index in [1.807, 2.05) is 35.0 Å². The maximum Gasteiger partial charge on any atom is 0.254 e. The van der Waals surface area contributed by atoms with E-state index >= 15 is 0 Å². The highest BCUT2D eigenvalue weighted by Crippen LogP contribution is 2.28. The fourth-order valence-corrected chi connectivity index (χ4v) is 6.85. The molecule has 0 unspecified atom stereocenters. The van der Waals surface area contributed by atoms with Crippen LogP contribution in [0.4, 0.5) is 0 Å². The Morgan fingerprint density at radius 2 is 1.69 bits per heavy atom. The molecule has 1 aliphatic carbocycles. The zero-order chi connectivity index (χ0) is 22.6. The van der Waals surface area contributed by atoms with Crippen LogP contribution in [0.1, 0.15) is 45.8 Å². The number of carbonyl (C=O) groups is 1. The summed E-state index contributed by atoms with van der Waals surface area (Å²) in [5.74, 6) is 0.0156. The lowest BCUT2D eigenvalue weighted by Crippen LogP contribution is -2.33. The van der Waals surface area contributed by atoms with E-state index in [1.54, 1.807) is 39.7 Å². The van der Waals surface area contributed by atoms with E-state index in [0.717, 1.165) is 35.4 Å². The van der Waals surface area contributed by atoms with E-state index in [4.69, 9.17) is 4.74 Å². The highest BCUT2D eigenvalue weighted by molar-refractivity contribution is 7.89. The number of thiophene rings is 2. The highest BCUT2D eigenvalue weighted by atomic mass is 32.2. The van der Waals surface area contributed by atoms with Gasteiger partial charge in [0.1, 0.15) is 10.6 Å². The van der Waals surface area contributed by atoms with Gasteiger partial charge in [-0.1, -0.05) is 25.0 Å². The van der Waals surface area contributed by atoms with Crippen molar-refractivity contribution in [3.05, 3.63) is 68.5 Å². The minimum absolute atomic E-state index is 0.00458. The van der Waals surface area contributed by atoms with Crippen molar-refractivity contribution < 1.29 is 17.9 Å². The van der Waals surface area contributed by atoms with Gasteiger partial charge >= 0.3 is 0 Å². The molecule has 0 aliphatic heterocycles. The monoisotopic (exact) mass is 490 g/mol. The minimum Gasteiger partial charge on any atom is -0.495 e. The number of rotatable bonds is 9. The molecule has 0 saturated heterocycles. The van der Waals surface area contributed by atoms with Gasteiger partial charge in [0.2, 0.25) is 10.0 Å². The van der Waals surface area contributed by atoms with Crippen LogP contribution in [0.25, 0.3) is 0 Å². The summed E-state index contributed by atoms with van der Waals surface area (Å²) in [6.07, 6.45) is 3.69. The van der Waals surface area contributed by atoms with Crippen molar-refractivity contribution in [2.75, 3.05) is 7.11 Å². The average Bonchev–Trinajstić information content (AvgIpc) is 3.56. The van der Waals surface area contributed by atoms with Crippen LogP contribution >= 0.6 is 22.7 Å². The lowest BCUT2D eigenvalue weighted by atomic mass is 10.2. The van der Waals surface area contributed by atoms with Gasteiger partial charge in [0.25, 0.3) is 5.91 Å². The molecule has 4 rings (SSSR count). The lowest BCUT2D eigenvalue weighted by molar-refractivity contribution is 0.0733. The first-order valence-corrected chi connectivity index (χ1v) is 13.7. The van der Waals surface area contributed by atoms with Crippen molar-refractivity contribution in [1.29, 1.82) is 0 Å². The summed E-state index contributed by atoms with van der Waals surface area (Å²) >= 11 is 3.18. The van der Waals surface area contributed by atoms with Crippen molar-refractivity contribution in [2.24, 2.45) is 0 Å². The first kappa shape index (κ1) is 23.0. The molecule has 0 bridgehead atoms. The molecule has 170 valence electrons. The Labute approximate surface area is 196 Å². The second-order valence-corrected chi connectivity index (χ2v) is 11.5.